The molecule has 10 heteroatoms. The fourth-order valence-electron chi connectivity index (χ4n) is 3.62. The van der Waals surface area contributed by atoms with Gasteiger partial charge in [-0.2, -0.15) is 4.31 Å². The van der Waals surface area contributed by atoms with Gasteiger partial charge in [-0.05, 0) is 49.6 Å². The van der Waals surface area contributed by atoms with Gasteiger partial charge in [0.25, 0.3) is 0 Å². The first kappa shape index (κ1) is 23.4. The molecular weight excluding hydrogens is 436 g/mol. The van der Waals surface area contributed by atoms with E-state index in [2.05, 4.69) is 5.32 Å². The Morgan fingerprint density at radius 2 is 1.69 bits per heavy atom. The van der Waals surface area contributed by atoms with Crippen molar-refractivity contribution >= 4 is 27.9 Å². The zero-order valence-electron chi connectivity index (χ0n) is 17.4. The average molecular weight is 461 g/mol. The van der Waals surface area contributed by atoms with Crippen molar-refractivity contribution < 1.29 is 33.0 Å². The van der Waals surface area contributed by atoms with Crippen LogP contribution in [0.5, 0.6) is 0 Å². The first-order valence-electron chi connectivity index (χ1n) is 10.0. The largest absolute Gasteiger partial charge is 0.480 e. The molecule has 2 aromatic rings. The Kier molecular flexibility index (Phi) is 6.95. The summed E-state index contributed by atoms with van der Waals surface area (Å²) in [7, 11) is -3.91. The maximum Gasteiger partial charge on any atom is 0.335 e. The maximum atomic E-state index is 13.0. The number of nitrogens with zero attached hydrogens (tertiary/aromatic N) is 1. The summed E-state index contributed by atoms with van der Waals surface area (Å²) >= 11 is 0. The summed E-state index contributed by atoms with van der Waals surface area (Å²) in [5.41, 5.74) is 1.49. The number of sulfonamides is 1. The zero-order valence-corrected chi connectivity index (χ0v) is 18.2. The predicted molar refractivity (Wildman–Crippen MR) is 115 cm³/mol. The van der Waals surface area contributed by atoms with Crippen LogP contribution in [0.25, 0.3) is 0 Å². The van der Waals surface area contributed by atoms with Crippen molar-refractivity contribution in [1.82, 2.24) is 9.62 Å². The smallest absolute Gasteiger partial charge is 0.335 e. The number of hydrogen-bond donors (Lipinski definition) is 3. The van der Waals surface area contributed by atoms with Crippen molar-refractivity contribution in [1.29, 1.82) is 0 Å². The molecule has 1 heterocycles. The number of carbonyl (C=O) groups is 3. The molecule has 9 nitrogen and oxygen atoms in total. The molecule has 1 aliphatic heterocycles. The second-order valence-electron chi connectivity index (χ2n) is 7.69. The van der Waals surface area contributed by atoms with Gasteiger partial charge in [0, 0.05) is 13.0 Å². The van der Waals surface area contributed by atoms with E-state index >= 15 is 0 Å². The number of aromatic carboxylic acids is 1. The first-order chi connectivity index (χ1) is 15.1. The average Bonchev–Trinajstić information content (AvgIpc) is 3.25. The minimum atomic E-state index is -3.91. The molecule has 2 atom stereocenters. The highest BCUT2D eigenvalue weighted by Crippen LogP contribution is 2.26. The SMILES string of the molecule is Cc1ccc(S(=O)(=O)N2CCC[C@H]2C(=O)NC(Cc2ccc(C(=O)O)cc2)C(=O)O)cc1. The second-order valence-corrected chi connectivity index (χ2v) is 9.58. The number of rotatable bonds is 8. The van der Waals surface area contributed by atoms with E-state index in [1.807, 2.05) is 6.92 Å². The molecule has 3 N–H and O–H groups in total. The van der Waals surface area contributed by atoms with E-state index in [9.17, 15) is 27.9 Å². The minimum absolute atomic E-state index is 0.0626. The third kappa shape index (κ3) is 5.14. The maximum absolute atomic E-state index is 13.0. The molecule has 2 aromatic carbocycles. The quantitative estimate of drug-likeness (QED) is 0.544. The van der Waals surface area contributed by atoms with Gasteiger partial charge >= 0.3 is 11.9 Å². The number of carbonyl (C=O) groups excluding carboxylic acids is 1. The second kappa shape index (κ2) is 9.49. The van der Waals surface area contributed by atoms with Crippen LogP contribution in [0.1, 0.15) is 34.3 Å². The van der Waals surface area contributed by atoms with E-state index in [-0.39, 0.29) is 29.8 Å². The molecule has 3 rings (SSSR count). The van der Waals surface area contributed by atoms with Crippen LogP contribution in [0.2, 0.25) is 0 Å². The summed E-state index contributed by atoms with van der Waals surface area (Å²) < 4.78 is 27.2. The number of aliphatic carboxylic acids is 1. The lowest BCUT2D eigenvalue weighted by atomic mass is 10.0. The number of aryl methyl sites for hydroxylation is 1. The van der Waals surface area contributed by atoms with E-state index in [1.54, 1.807) is 12.1 Å². The molecule has 0 aromatic heterocycles. The van der Waals surface area contributed by atoms with E-state index in [0.717, 1.165) is 9.87 Å². The Hall–Kier alpha value is -3.24. The van der Waals surface area contributed by atoms with Crippen LogP contribution < -0.4 is 5.32 Å². The minimum Gasteiger partial charge on any atom is -0.480 e. The lowest BCUT2D eigenvalue weighted by Crippen LogP contribution is -2.51. The lowest BCUT2D eigenvalue weighted by Gasteiger charge is -2.25. The van der Waals surface area contributed by atoms with Gasteiger partial charge in [0.15, 0.2) is 0 Å². The van der Waals surface area contributed by atoms with E-state index < -0.39 is 40.0 Å². The Labute approximate surface area is 185 Å². The monoisotopic (exact) mass is 460 g/mol. The van der Waals surface area contributed by atoms with Crippen molar-refractivity contribution in [3.63, 3.8) is 0 Å². The highest BCUT2D eigenvalue weighted by Gasteiger charge is 2.40. The molecule has 1 amide bonds. The fraction of sp³-hybridized carbons (Fsp3) is 0.318. The van der Waals surface area contributed by atoms with E-state index in [1.165, 1.54) is 36.4 Å². The topological polar surface area (TPSA) is 141 Å². The summed E-state index contributed by atoms with van der Waals surface area (Å²) in [6.07, 6.45) is 0.701. The number of hydrogen-bond acceptors (Lipinski definition) is 5. The van der Waals surface area contributed by atoms with Crippen LogP contribution in [0.4, 0.5) is 0 Å². The Morgan fingerprint density at radius 3 is 2.25 bits per heavy atom. The number of carboxylic acids is 2. The van der Waals surface area contributed by atoms with Crippen LogP contribution in [0.15, 0.2) is 53.4 Å². The van der Waals surface area contributed by atoms with Crippen LogP contribution in [0, 0.1) is 6.92 Å². The molecule has 1 fully saturated rings. The number of benzene rings is 2. The molecule has 1 aliphatic rings. The molecule has 1 saturated heterocycles. The highest BCUT2D eigenvalue weighted by atomic mass is 32.2. The molecule has 0 spiro atoms. The van der Waals surface area contributed by atoms with Gasteiger partial charge in [0.1, 0.15) is 12.1 Å². The predicted octanol–water partition coefficient (Wildman–Crippen LogP) is 1.66. The zero-order chi connectivity index (χ0) is 23.5. The molecular formula is C22H24N2O7S. The Balaban J connectivity index is 1.74. The van der Waals surface area contributed by atoms with Crippen molar-refractivity contribution in [3.8, 4) is 0 Å². The van der Waals surface area contributed by atoms with Crippen LogP contribution in [-0.4, -0.2) is 59.4 Å². The number of amides is 1. The summed E-state index contributed by atoms with van der Waals surface area (Å²) in [5, 5.41) is 21.0. The van der Waals surface area contributed by atoms with Crippen molar-refractivity contribution in [3.05, 3.63) is 65.2 Å². The summed E-state index contributed by atoms with van der Waals surface area (Å²) in [6, 6.07) is 9.70. The van der Waals surface area contributed by atoms with Crippen LogP contribution in [-0.2, 0) is 26.0 Å². The van der Waals surface area contributed by atoms with Crippen molar-refractivity contribution in [2.45, 2.75) is 43.2 Å². The molecule has 0 bridgehead atoms. The summed E-state index contributed by atoms with van der Waals surface area (Å²) in [4.78, 5) is 35.6. The summed E-state index contributed by atoms with van der Waals surface area (Å²) in [5.74, 6) is -3.05. The van der Waals surface area contributed by atoms with Crippen LogP contribution >= 0.6 is 0 Å². The molecule has 1 unspecified atom stereocenters. The third-order valence-electron chi connectivity index (χ3n) is 5.39. The van der Waals surface area contributed by atoms with Crippen molar-refractivity contribution in [2.75, 3.05) is 6.54 Å². The van der Waals surface area contributed by atoms with Gasteiger partial charge in [-0.1, -0.05) is 29.8 Å². The van der Waals surface area contributed by atoms with E-state index in [4.69, 9.17) is 5.11 Å². The van der Waals surface area contributed by atoms with Gasteiger partial charge in [-0.15, -0.1) is 0 Å². The van der Waals surface area contributed by atoms with Gasteiger partial charge in [0.05, 0.1) is 10.5 Å². The molecule has 170 valence electrons. The third-order valence-corrected chi connectivity index (χ3v) is 7.31. The Morgan fingerprint density at radius 1 is 1.06 bits per heavy atom. The van der Waals surface area contributed by atoms with E-state index in [0.29, 0.717) is 12.0 Å². The Bertz CT molecular complexity index is 1110. The van der Waals surface area contributed by atoms with Crippen molar-refractivity contribution in [2.24, 2.45) is 0 Å². The van der Waals surface area contributed by atoms with Gasteiger partial charge in [-0.25, -0.2) is 18.0 Å². The first-order valence-corrected chi connectivity index (χ1v) is 11.5. The summed E-state index contributed by atoms with van der Waals surface area (Å²) in [6.45, 7) is 2.01. The van der Waals surface area contributed by atoms with Crippen LogP contribution in [0.3, 0.4) is 0 Å². The van der Waals surface area contributed by atoms with Gasteiger partial charge in [0.2, 0.25) is 15.9 Å². The number of nitrogens with one attached hydrogen (secondary N) is 1. The molecule has 0 radical (unpaired) electrons. The molecule has 32 heavy (non-hydrogen) atoms. The lowest BCUT2D eigenvalue weighted by molar-refractivity contribution is -0.142. The van der Waals surface area contributed by atoms with Gasteiger partial charge in [-0.3, -0.25) is 4.79 Å². The molecule has 0 aliphatic carbocycles. The standard InChI is InChI=1S/C22H24N2O7S/c1-14-4-10-17(11-5-14)32(30,31)24-12-2-3-19(24)20(25)23-18(22(28)29)13-15-6-8-16(9-7-15)21(26)27/h4-11,18-19H,2-3,12-13H2,1H3,(H,23,25)(H,26,27)(H,28,29)/t18?,19-/m0/s1. The highest BCUT2D eigenvalue weighted by molar-refractivity contribution is 7.89. The normalized spacial score (nSPS) is 17.6. The molecule has 0 saturated carbocycles. The van der Waals surface area contributed by atoms with Gasteiger partial charge < -0.3 is 15.5 Å². The number of carboxylic acid groups (broad SMARTS) is 2. The fourth-order valence-corrected chi connectivity index (χ4v) is 5.28.